The normalized spacial score (nSPS) is 18.4. The number of rotatable bonds is 21. The van der Waals surface area contributed by atoms with E-state index in [0.717, 1.165) is 67.2 Å². The second kappa shape index (κ2) is 21.3. The van der Waals surface area contributed by atoms with Crippen molar-refractivity contribution in [3.63, 3.8) is 0 Å². The molecule has 4 heterocycles. The smallest absolute Gasteiger partial charge is 0.416 e. The third-order valence-corrected chi connectivity index (χ3v) is 13.6. The predicted octanol–water partition coefficient (Wildman–Crippen LogP) is 9.63. The largest absolute Gasteiger partial charge is 0.493 e. The lowest BCUT2D eigenvalue weighted by Crippen LogP contribution is -2.52. The molecule has 0 spiro atoms. The molecule has 16 heteroatoms. The molecule has 3 amide bonds. The number of ether oxygens (including phenoxy) is 2. The number of fused-ring (bicyclic) bond motifs is 2. The van der Waals surface area contributed by atoms with Gasteiger partial charge in [-0.2, -0.15) is 13.2 Å². The molecule has 344 valence electrons. The van der Waals surface area contributed by atoms with E-state index in [1.54, 1.807) is 37.6 Å². The Balaban J connectivity index is 0.773. The number of hydrogen-bond acceptors (Lipinski definition) is 11. The molecule has 3 aliphatic heterocycles. The molecule has 2 saturated heterocycles. The van der Waals surface area contributed by atoms with Crippen LogP contribution in [0.1, 0.15) is 129 Å². The highest BCUT2D eigenvalue weighted by Gasteiger charge is 2.40. The van der Waals surface area contributed by atoms with Crippen LogP contribution in [0.4, 0.5) is 24.7 Å². The van der Waals surface area contributed by atoms with Crippen LogP contribution in [0.5, 0.6) is 11.5 Å². The summed E-state index contributed by atoms with van der Waals surface area (Å²) in [5.41, 5.74) is 7.78. The van der Waals surface area contributed by atoms with Crippen molar-refractivity contribution in [1.82, 2.24) is 25.1 Å². The molecule has 2 fully saturated rings. The minimum atomic E-state index is -4.52. The number of anilines is 2. The number of benzene rings is 3. The van der Waals surface area contributed by atoms with Crippen LogP contribution in [0.25, 0.3) is 10.9 Å². The maximum atomic E-state index is 13.5. The third kappa shape index (κ3) is 11.8. The topological polar surface area (TPSA) is 152 Å². The van der Waals surface area contributed by atoms with E-state index in [0.29, 0.717) is 58.1 Å². The minimum absolute atomic E-state index is 0.0118. The van der Waals surface area contributed by atoms with Crippen molar-refractivity contribution in [2.45, 2.75) is 133 Å². The van der Waals surface area contributed by atoms with Crippen LogP contribution < -0.4 is 25.8 Å². The SMILES string of the molecule is COc1cc2nc(C)nc(N[C@H](C)c3cc(N)cc(C(F)(F)F)c3)c2cc1O[C@H]1CCN(CCCCCCCCCCCCSc2cccc3c2CN(C2CCC(=O)NC2=O)C3=O)C1. The molecule has 3 aromatic carbocycles. The zero-order chi connectivity index (χ0) is 45.4. The predicted molar refractivity (Wildman–Crippen MR) is 244 cm³/mol. The number of nitrogen functional groups attached to an aromatic ring is 1. The van der Waals surface area contributed by atoms with Gasteiger partial charge in [-0.25, -0.2) is 9.97 Å². The van der Waals surface area contributed by atoms with Gasteiger partial charge in [-0.3, -0.25) is 24.6 Å². The van der Waals surface area contributed by atoms with E-state index in [2.05, 4.69) is 31.6 Å². The van der Waals surface area contributed by atoms with E-state index >= 15 is 0 Å². The Morgan fingerprint density at radius 2 is 1.67 bits per heavy atom. The molecule has 1 aromatic heterocycles. The molecule has 0 saturated carbocycles. The fourth-order valence-corrected chi connectivity index (χ4v) is 10.1. The Hall–Kier alpha value is -5.09. The van der Waals surface area contributed by atoms with Crippen LogP contribution in [0.15, 0.2) is 53.4 Å². The van der Waals surface area contributed by atoms with Gasteiger partial charge in [0, 0.05) is 53.7 Å². The molecule has 12 nitrogen and oxygen atoms in total. The van der Waals surface area contributed by atoms with Crippen molar-refractivity contribution in [1.29, 1.82) is 0 Å². The summed E-state index contributed by atoms with van der Waals surface area (Å²) in [5.74, 6) is 2.32. The summed E-state index contributed by atoms with van der Waals surface area (Å²) >= 11 is 1.79. The standard InChI is InChI=1S/C48H60F3N7O5S/c1-30(32-23-33(48(49,50)51)25-34(52)24-32)53-45-37-26-42(41(62-3)27-39(37)54-31(2)55-45)63-35-19-21-57(28-35)20-12-10-8-6-4-5-7-9-11-13-22-64-43-16-14-15-36-38(43)29-58(47(36)61)40-17-18-44(59)56-46(40)60/h14-16,23-27,30,35,40H,4-13,17-22,28-29,52H2,1-3H3,(H,53,54,55)(H,56,59,60)/t30-,35+,40?/m1/s1. The number of amides is 3. The average Bonchev–Trinajstić information content (AvgIpc) is 3.85. The summed E-state index contributed by atoms with van der Waals surface area (Å²) in [6, 6.07) is 11.9. The number of imide groups is 1. The molecular formula is C48H60F3N7O5S. The van der Waals surface area contributed by atoms with Crippen LogP contribution in [0.3, 0.4) is 0 Å². The van der Waals surface area contributed by atoms with Crippen LogP contribution in [0, 0.1) is 6.92 Å². The number of methoxy groups -OCH3 is 1. The Kier molecular flexibility index (Phi) is 15.6. The van der Waals surface area contributed by atoms with Crippen LogP contribution in [-0.2, 0) is 22.3 Å². The lowest BCUT2D eigenvalue weighted by Gasteiger charge is -2.29. The number of unbranched alkanes of at least 4 members (excludes halogenated alkanes) is 9. The summed E-state index contributed by atoms with van der Waals surface area (Å²) in [6.45, 7) is 6.76. The summed E-state index contributed by atoms with van der Waals surface area (Å²) in [6.07, 6.45) is 9.14. The number of alkyl halides is 3. The first-order chi connectivity index (χ1) is 30.8. The Labute approximate surface area is 377 Å². The number of nitrogens with one attached hydrogen (secondary N) is 2. The molecule has 4 N–H and O–H groups in total. The van der Waals surface area contributed by atoms with Gasteiger partial charge in [0.2, 0.25) is 11.8 Å². The number of carbonyl (C=O) groups is 3. The molecule has 64 heavy (non-hydrogen) atoms. The number of nitrogens with zero attached hydrogens (tertiary/aromatic N) is 4. The van der Waals surface area contributed by atoms with Crippen molar-refractivity contribution in [2.75, 3.05) is 43.5 Å². The van der Waals surface area contributed by atoms with Crippen LogP contribution in [-0.4, -0.2) is 82.1 Å². The highest BCUT2D eigenvalue weighted by Crippen LogP contribution is 2.39. The van der Waals surface area contributed by atoms with Crippen molar-refractivity contribution in [2.24, 2.45) is 0 Å². The van der Waals surface area contributed by atoms with E-state index in [1.807, 2.05) is 24.3 Å². The average molecular weight is 904 g/mol. The van der Waals surface area contributed by atoms with Gasteiger partial charge in [0.25, 0.3) is 5.91 Å². The first-order valence-corrected chi connectivity index (χ1v) is 23.6. The highest BCUT2D eigenvalue weighted by molar-refractivity contribution is 7.99. The van der Waals surface area contributed by atoms with Gasteiger partial charge in [-0.05, 0) is 99.4 Å². The van der Waals surface area contributed by atoms with Gasteiger partial charge in [-0.1, -0.05) is 57.4 Å². The summed E-state index contributed by atoms with van der Waals surface area (Å²) < 4.78 is 52.9. The van der Waals surface area contributed by atoms with Crippen molar-refractivity contribution >= 4 is 51.9 Å². The van der Waals surface area contributed by atoms with Crippen molar-refractivity contribution < 1.29 is 37.0 Å². The second-order valence-electron chi connectivity index (χ2n) is 17.3. The number of carbonyl (C=O) groups excluding carboxylic acids is 3. The van der Waals surface area contributed by atoms with Crippen LogP contribution in [0.2, 0.25) is 0 Å². The molecule has 1 unspecified atom stereocenters. The number of hydrogen-bond donors (Lipinski definition) is 3. The summed E-state index contributed by atoms with van der Waals surface area (Å²) in [7, 11) is 1.59. The lowest BCUT2D eigenvalue weighted by molar-refractivity contribution is -0.138. The van der Waals surface area contributed by atoms with Crippen molar-refractivity contribution in [3.05, 3.63) is 76.6 Å². The maximum absolute atomic E-state index is 13.5. The number of thioether (sulfide) groups is 1. The first kappa shape index (κ1) is 46.9. The van der Waals surface area contributed by atoms with Gasteiger partial charge in [0.05, 0.1) is 24.2 Å². The van der Waals surface area contributed by atoms with Gasteiger partial charge < -0.3 is 25.4 Å². The molecule has 4 aromatic rings. The second-order valence-corrected chi connectivity index (χ2v) is 18.4. The zero-order valence-electron chi connectivity index (χ0n) is 37.0. The number of likely N-dealkylation sites (tertiary alicyclic amines) is 1. The van der Waals surface area contributed by atoms with E-state index in [9.17, 15) is 27.6 Å². The molecule has 0 aliphatic carbocycles. The van der Waals surface area contributed by atoms with Crippen LogP contribution >= 0.6 is 11.8 Å². The Morgan fingerprint density at radius 1 is 0.938 bits per heavy atom. The van der Waals surface area contributed by atoms with E-state index < -0.39 is 23.8 Å². The highest BCUT2D eigenvalue weighted by atomic mass is 32.2. The maximum Gasteiger partial charge on any atom is 0.416 e. The van der Waals surface area contributed by atoms with Gasteiger partial charge >= 0.3 is 6.18 Å². The van der Waals surface area contributed by atoms with E-state index in [4.69, 9.17) is 15.2 Å². The van der Waals surface area contributed by atoms with Gasteiger partial charge in [0.15, 0.2) is 11.5 Å². The lowest BCUT2D eigenvalue weighted by atomic mass is 10.0. The van der Waals surface area contributed by atoms with Crippen molar-refractivity contribution in [3.8, 4) is 11.5 Å². The number of nitrogens with two attached hydrogens (primary N) is 1. The molecule has 3 aliphatic rings. The minimum Gasteiger partial charge on any atom is -0.493 e. The summed E-state index contributed by atoms with van der Waals surface area (Å²) in [5, 5.41) is 6.34. The third-order valence-electron chi connectivity index (χ3n) is 12.4. The number of piperidine rings is 1. The summed E-state index contributed by atoms with van der Waals surface area (Å²) in [4.78, 5) is 51.5. The van der Waals surface area contributed by atoms with Gasteiger partial charge in [0.1, 0.15) is 23.8 Å². The van der Waals surface area contributed by atoms with E-state index in [1.165, 1.54) is 57.4 Å². The Morgan fingerprint density at radius 3 is 2.39 bits per heavy atom. The first-order valence-electron chi connectivity index (χ1n) is 22.7. The fourth-order valence-electron chi connectivity index (χ4n) is 9.00. The number of halogens is 3. The molecule has 3 atom stereocenters. The molecule has 7 rings (SSSR count). The fraction of sp³-hybridized carbons (Fsp3) is 0.521. The quantitative estimate of drug-likeness (QED) is 0.0317. The number of aryl methyl sites for hydroxylation is 1. The molecule has 0 bridgehead atoms. The van der Waals surface area contributed by atoms with E-state index in [-0.39, 0.29) is 35.9 Å². The Bertz CT molecular complexity index is 2310. The molecule has 0 radical (unpaired) electrons. The van der Waals surface area contributed by atoms with Gasteiger partial charge in [-0.15, -0.1) is 11.8 Å². The zero-order valence-corrected chi connectivity index (χ0v) is 37.8. The molecular weight excluding hydrogens is 844 g/mol. The monoisotopic (exact) mass is 903 g/mol. The number of aromatic nitrogens is 2.